The smallest absolute Gasteiger partial charge is 0.407 e. The number of carbonyl (C=O) groups excluding carboxylic acids is 4. The molecule has 0 aliphatic rings. The summed E-state index contributed by atoms with van der Waals surface area (Å²) in [5, 5.41) is 18.3. The summed E-state index contributed by atoms with van der Waals surface area (Å²) >= 11 is 0. The van der Waals surface area contributed by atoms with Gasteiger partial charge >= 0.3 is 12.1 Å². The first-order valence-corrected chi connectivity index (χ1v) is 14.2. The van der Waals surface area contributed by atoms with Crippen LogP contribution in [0.5, 0.6) is 5.75 Å². The third-order valence-electron chi connectivity index (χ3n) is 5.49. The molecule has 0 fully saturated rings. The zero-order valence-electron chi connectivity index (χ0n) is 26.3. The van der Waals surface area contributed by atoms with Gasteiger partial charge in [0.15, 0.2) is 0 Å². The van der Waals surface area contributed by atoms with Crippen LogP contribution in [-0.4, -0.2) is 79.2 Å². The van der Waals surface area contributed by atoms with Crippen molar-refractivity contribution in [3.05, 3.63) is 23.8 Å². The molecule has 1 rings (SSSR count). The van der Waals surface area contributed by atoms with E-state index in [1.54, 1.807) is 60.6 Å². The number of esters is 1. The first-order valence-electron chi connectivity index (χ1n) is 14.2. The zero-order chi connectivity index (χ0) is 32.6. The fraction of sp³-hybridized carbons (Fsp3) is 0.613. The first kappa shape index (κ1) is 37.2. The van der Waals surface area contributed by atoms with Gasteiger partial charge in [0.2, 0.25) is 5.91 Å². The topological polar surface area (TPSA) is 162 Å². The van der Waals surface area contributed by atoms with E-state index in [9.17, 15) is 24.3 Å². The zero-order valence-corrected chi connectivity index (χ0v) is 26.3. The third-order valence-corrected chi connectivity index (χ3v) is 5.49. The van der Waals surface area contributed by atoms with Gasteiger partial charge in [-0.05, 0) is 78.0 Å². The molecule has 0 aromatic heterocycles. The molecule has 0 bridgehead atoms. The molecule has 0 saturated heterocycles. The van der Waals surface area contributed by atoms with E-state index in [1.165, 1.54) is 6.07 Å². The molecule has 0 spiro atoms. The molecule has 3 amide bonds. The lowest BCUT2D eigenvalue weighted by Crippen LogP contribution is -2.42. The Bertz CT molecular complexity index is 1120. The molecule has 2 unspecified atom stereocenters. The third kappa shape index (κ3) is 17.7. The summed E-state index contributed by atoms with van der Waals surface area (Å²) in [7, 11) is 0. The molecule has 0 aliphatic carbocycles. The van der Waals surface area contributed by atoms with Crippen LogP contribution in [0.25, 0.3) is 0 Å². The largest absolute Gasteiger partial charge is 0.506 e. The van der Waals surface area contributed by atoms with Crippen molar-refractivity contribution in [1.29, 1.82) is 0 Å². The standard InChI is InChI=1S/C31H47N3O9/c1-9-26(36)32-13-15-41-17-16-40-14-12-27(37)34-24-20-22(10-11-25(24)35)19-23(33-29(39)43-31(6,7)8)18-21(2)28(38)42-30(3,4)5/h1,10-11,20-21,23,35H,12-19H2,2-8H3,(H,32,36)(H,33,39)(H,34,37). The van der Waals surface area contributed by atoms with E-state index in [2.05, 4.69) is 16.0 Å². The van der Waals surface area contributed by atoms with Crippen LogP contribution in [-0.2, 0) is 39.8 Å². The molecular formula is C31H47N3O9. The first-order chi connectivity index (χ1) is 20.0. The molecular weight excluding hydrogens is 558 g/mol. The van der Waals surface area contributed by atoms with Crippen molar-refractivity contribution < 1.29 is 43.2 Å². The van der Waals surface area contributed by atoms with Gasteiger partial charge < -0.3 is 40.0 Å². The van der Waals surface area contributed by atoms with Gasteiger partial charge in [0.25, 0.3) is 5.91 Å². The Kier molecular flexibility index (Phi) is 15.6. The van der Waals surface area contributed by atoms with E-state index in [1.807, 2.05) is 5.92 Å². The number of alkyl carbamates (subject to hydrolysis) is 1. The number of carbonyl (C=O) groups is 4. The van der Waals surface area contributed by atoms with E-state index in [-0.39, 0.29) is 69.1 Å². The van der Waals surface area contributed by atoms with E-state index in [0.29, 0.717) is 12.0 Å². The number of hydrogen-bond donors (Lipinski definition) is 4. The second kappa shape index (κ2) is 18.0. The summed E-state index contributed by atoms with van der Waals surface area (Å²) in [5.74, 6) is 0.0358. The molecule has 1 aromatic rings. The summed E-state index contributed by atoms with van der Waals surface area (Å²) in [6.07, 6.45) is 4.93. The van der Waals surface area contributed by atoms with Gasteiger partial charge in [-0.3, -0.25) is 14.4 Å². The molecule has 0 saturated carbocycles. The predicted octanol–water partition coefficient (Wildman–Crippen LogP) is 3.31. The van der Waals surface area contributed by atoms with Crippen LogP contribution < -0.4 is 16.0 Å². The Morgan fingerprint density at radius 3 is 2.19 bits per heavy atom. The summed E-state index contributed by atoms with van der Waals surface area (Å²) in [4.78, 5) is 48.6. The number of ether oxygens (including phenoxy) is 4. The van der Waals surface area contributed by atoms with Crippen LogP contribution in [0.1, 0.15) is 66.9 Å². The number of amides is 3. The van der Waals surface area contributed by atoms with Crippen LogP contribution in [0.4, 0.5) is 10.5 Å². The molecule has 0 radical (unpaired) electrons. The van der Waals surface area contributed by atoms with Crippen molar-refractivity contribution in [3.8, 4) is 18.1 Å². The Morgan fingerprint density at radius 1 is 0.953 bits per heavy atom. The molecule has 0 heterocycles. The van der Waals surface area contributed by atoms with Crippen molar-refractivity contribution in [2.45, 2.75) is 85.0 Å². The molecule has 240 valence electrons. The maximum Gasteiger partial charge on any atom is 0.407 e. The molecule has 12 heteroatoms. The van der Waals surface area contributed by atoms with Crippen molar-refractivity contribution in [1.82, 2.24) is 10.6 Å². The minimum Gasteiger partial charge on any atom is -0.506 e. The van der Waals surface area contributed by atoms with Crippen LogP contribution in [0.2, 0.25) is 0 Å². The predicted molar refractivity (Wildman–Crippen MR) is 161 cm³/mol. The van der Waals surface area contributed by atoms with Crippen LogP contribution in [0.3, 0.4) is 0 Å². The quantitative estimate of drug-likeness (QED) is 0.0959. The van der Waals surface area contributed by atoms with Crippen LogP contribution >= 0.6 is 0 Å². The lowest BCUT2D eigenvalue weighted by atomic mass is 9.95. The highest BCUT2D eigenvalue weighted by molar-refractivity contribution is 5.93. The Hall–Kier alpha value is -3.82. The molecule has 4 N–H and O–H groups in total. The average Bonchev–Trinajstić information content (AvgIpc) is 2.87. The van der Waals surface area contributed by atoms with Crippen molar-refractivity contribution in [3.63, 3.8) is 0 Å². The van der Waals surface area contributed by atoms with E-state index in [0.717, 1.165) is 0 Å². The molecule has 0 aliphatic heterocycles. The number of anilines is 1. The molecule has 1 aromatic carbocycles. The van der Waals surface area contributed by atoms with Crippen molar-refractivity contribution in [2.24, 2.45) is 5.92 Å². The van der Waals surface area contributed by atoms with Gasteiger partial charge in [-0.2, -0.15) is 0 Å². The maximum absolute atomic E-state index is 12.6. The Morgan fingerprint density at radius 2 is 1.58 bits per heavy atom. The van der Waals surface area contributed by atoms with E-state index in [4.69, 9.17) is 25.4 Å². The van der Waals surface area contributed by atoms with Gasteiger partial charge in [-0.1, -0.05) is 13.0 Å². The lowest BCUT2D eigenvalue weighted by Gasteiger charge is -2.27. The highest BCUT2D eigenvalue weighted by Gasteiger charge is 2.27. The second-order valence-corrected chi connectivity index (χ2v) is 12.0. The van der Waals surface area contributed by atoms with E-state index < -0.39 is 35.2 Å². The summed E-state index contributed by atoms with van der Waals surface area (Å²) < 4.78 is 21.6. The minimum atomic E-state index is -0.709. The second-order valence-electron chi connectivity index (χ2n) is 12.0. The molecule has 2 atom stereocenters. The number of rotatable bonds is 16. The number of benzene rings is 1. The molecule has 12 nitrogen and oxygen atoms in total. The SMILES string of the molecule is C#CC(=O)NCCOCCOCCC(=O)Nc1cc(CC(CC(C)C(=O)OC(C)(C)C)NC(=O)OC(C)(C)C)ccc1O. The van der Waals surface area contributed by atoms with Gasteiger partial charge in [0.1, 0.15) is 17.0 Å². The highest BCUT2D eigenvalue weighted by atomic mass is 16.6. The van der Waals surface area contributed by atoms with Gasteiger partial charge in [-0.25, -0.2) is 4.79 Å². The van der Waals surface area contributed by atoms with Crippen LogP contribution in [0, 0.1) is 18.3 Å². The monoisotopic (exact) mass is 605 g/mol. The highest BCUT2D eigenvalue weighted by Crippen LogP contribution is 2.26. The maximum atomic E-state index is 12.6. The Balaban J connectivity index is 2.73. The van der Waals surface area contributed by atoms with Gasteiger partial charge in [-0.15, -0.1) is 6.42 Å². The number of aromatic hydroxyl groups is 1. The Labute approximate surface area is 254 Å². The summed E-state index contributed by atoms with van der Waals surface area (Å²) in [6.45, 7) is 13.6. The average molecular weight is 606 g/mol. The number of phenols is 1. The fourth-order valence-electron chi connectivity index (χ4n) is 3.67. The minimum absolute atomic E-state index is 0.0398. The van der Waals surface area contributed by atoms with Crippen molar-refractivity contribution >= 4 is 29.6 Å². The number of phenolic OH excluding ortho intramolecular Hbond substituents is 1. The van der Waals surface area contributed by atoms with E-state index >= 15 is 0 Å². The fourth-order valence-corrected chi connectivity index (χ4v) is 3.67. The molecule has 43 heavy (non-hydrogen) atoms. The lowest BCUT2D eigenvalue weighted by molar-refractivity contribution is -0.159. The van der Waals surface area contributed by atoms with Crippen molar-refractivity contribution in [2.75, 3.05) is 38.3 Å². The summed E-state index contributed by atoms with van der Waals surface area (Å²) in [5.41, 5.74) is -0.446. The van der Waals surface area contributed by atoms with Crippen LogP contribution in [0.15, 0.2) is 18.2 Å². The normalized spacial score (nSPS) is 12.8. The summed E-state index contributed by atoms with van der Waals surface area (Å²) in [6, 6.07) is 4.23. The number of terminal acetylenes is 1. The number of nitrogens with one attached hydrogen (secondary N) is 3. The van der Waals surface area contributed by atoms with Gasteiger partial charge in [0.05, 0.1) is 44.5 Å². The van der Waals surface area contributed by atoms with Gasteiger partial charge in [0, 0.05) is 12.6 Å². The number of hydrogen-bond acceptors (Lipinski definition) is 9.